The molecule has 35 heavy (non-hydrogen) atoms. The summed E-state index contributed by atoms with van der Waals surface area (Å²) in [5.74, 6) is -2.48. The number of rotatable bonds is 6. The molecule has 3 aliphatic rings. The Morgan fingerprint density at radius 1 is 1.00 bits per heavy atom. The molecule has 10 heteroatoms. The molecule has 0 spiro atoms. The first-order valence-corrected chi connectivity index (χ1v) is 12.0. The van der Waals surface area contributed by atoms with Gasteiger partial charge in [0.15, 0.2) is 6.61 Å². The number of fused-ring (bicyclic) bond motifs is 5. The summed E-state index contributed by atoms with van der Waals surface area (Å²) >= 11 is 12.8. The lowest BCUT2D eigenvalue weighted by molar-refractivity contribution is -0.123. The van der Waals surface area contributed by atoms with Crippen LogP contribution in [-0.2, 0) is 19.1 Å². The molecule has 2 bridgehead atoms. The van der Waals surface area contributed by atoms with Crippen molar-refractivity contribution < 1.29 is 28.7 Å². The van der Waals surface area contributed by atoms with Crippen molar-refractivity contribution in [2.75, 3.05) is 23.9 Å². The first-order valence-electron chi connectivity index (χ1n) is 11.2. The number of carbonyl (C=O) groups is 4. The lowest BCUT2D eigenvalue weighted by Gasteiger charge is -2.28. The van der Waals surface area contributed by atoms with Gasteiger partial charge in [-0.2, -0.15) is 0 Å². The Hall–Kier alpha value is -3.10. The number of nitrogens with one attached hydrogen (secondary N) is 1. The quantitative estimate of drug-likeness (QED) is 0.358. The molecule has 1 aliphatic heterocycles. The van der Waals surface area contributed by atoms with Gasteiger partial charge in [0, 0.05) is 5.69 Å². The number of alkyl halides is 2. The van der Waals surface area contributed by atoms with Crippen LogP contribution in [0.4, 0.5) is 11.4 Å². The van der Waals surface area contributed by atoms with Crippen molar-refractivity contribution in [1.82, 2.24) is 0 Å². The number of anilines is 2. The Bertz CT molecular complexity index is 1170. The standard InChI is InChI=1S/C25H22Cl2N2O6/c1-34-15-7-5-13(6-8-15)28-18(30)11-35-25(33)12-3-2-4-14(9-12)29-23(31)19-16-10-17(20(19)24(29)32)22(27)21(16)26/h2-9,16-17,19-22H,10-11H2,1H3,(H,28,30)/t16-,17-,19-,20+,21-,22+/m1/s1. The molecule has 2 aromatic carbocycles. The molecule has 182 valence electrons. The van der Waals surface area contributed by atoms with Gasteiger partial charge in [0.2, 0.25) is 11.8 Å². The Morgan fingerprint density at radius 3 is 2.23 bits per heavy atom. The SMILES string of the molecule is COc1ccc(NC(=O)COC(=O)c2cccc(N3C(=O)[C@@H]4[C@H]5C[C@@H]([C@H](Cl)[C@@H]5Cl)[C@@H]4C3=O)c2)cc1. The molecule has 1 saturated heterocycles. The normalized spacial score (nSPS) is 28.7. The number of halogens is 2. The minimum atomic E-state index is -0.752. The molecule has 1 heterocycles. The molecular weight excluding hydrogens is 495 g/mol. The van der Waals surface area contributed by atoms with Crippen LogP contribution in [0.25, 0.3) is 0 Å². The van der Waals surface area contributed by atoms with Crippen molar-refractivity contribution >= 4 is 58.3 Å². The molecule has 0 unspecified atom stereocenters. The number of carbonyl (C=O) groups excluding carboxylic acids is 4. The maximum Gasteiger partial charge on any atom is 0.338 e. The van der Waals surface area contributed by atoms with Crippen LogP contribution in [-0.4, -0.2) is 48.2 Å². The Kier molecular flexibility index (Phi) is 6.19. The molecule has 3 fully saturated rings. The van der Waals surface area contributed by atoms with Gasteiger partial charge in [-0.05, 0) is 60.7 Å². The third kappa shape index (κ3) is 4.04. The van der Waals surface area contributed by atoms with Crippen molar-refractivity contribution in [3.8, 4) is 5.75 Å². The van der Waals surface area contributed by atoms with Crippen LogP contribution in [0.5, 0.6) is 5.75 Å². The van der Waals surface area contributed by atoms with Gasteiger partial charge in [-0.1, -0.05) is 6.07 Å². The van der Waals surface area contributed by atoms with Crippen molar-refractivity contribution in [3.63, 3.8) is 0 Å². The summed E-state index contributed by atoms with van der Waals surface area (Å²) in [6.07, 6.45) is 0.675. The van der Waals surface area contributed by atoms with Crippen molar-refractivity contribution in [3.05, 3.63) is 54.1 Å². The predicted molar refractivity (Wildman–Crippen MR) is 129 cm³/mol. The predicted octanol–water partition coefficient (Wildman–Crippen LogP) is 3.46. The minimum absolute atomic E-state index is 0.116. The topological polar surface area (TPSA) is 102 Å². The second-order valence-electron chi connectivity index (χ2n) is 8.92. The van der Waals surface area contributed by atoms with Crippen molar-refractivity contribution in [1.29, 1.82) is 0 Å². The van der Waals surface area contributed by atoms with E-state index in [-0.39, 0.29) is 45.7 Å². The second kappa shape index (κ2) is 9.17. The third-order valence-corrected chi connectivity index (χ3v) is 8.35. The zero-order valence-electron chi connectivity index (χ0n) is 18.6. The van der Waals surface area contributed by atoms with Crippen LogP contribution in [0.15, 0.2) is 48.5 Å². The number of ether oxygens (including phenoxy) is 2. The number of benzene rings is 2. The van der Waals surface area contributed by atoms with Crippen LogP contribution < -0.4 is 15.0 Å². The van der Waals surface area contributed by atoms with Gasteiger partial charge in [0.25, 0.3) is 5.91 Å². The third-order valence-electron chi connectivity index (χ3n) is 7.04. The van der Waals surface area contributed by atoms with Gasteiger partial charge in [0.05, 0.1) is 41.0 Å². The highest BCUT2D eigenvalue weighted by Gasteiger charge is 2.66. The average Bonchev–Trinajstić information content (AvgIpc) is 3.47. The van der Waals surface area contributed by atoms with Gasteiger partial charge < -0.3 is 14.8 Å². The Balaban J connectivity index is 1.24. The van der Waals surface area contributed by atoms with Gasteiger partial charge in [0.1, 0.15) is 5.75 Å². The smallest absolute Gasteiger partial charge is 0.338 e. The van der Waals surface area contributed by atoms with Gasteiger partial charge in [-0.15, -0.1) is 23.2 Å². The molecule has 5 rings (SSSR count). The Morgan fingerprint density at radius 2 is 1.63 bits per heavy atom. The lowest BCUT2D eigenvalue weighted by Crippen LogP contribution is -2.37. The molecule has 8 nitrogen and oxygen atoms in total. The summed E-state index contributed by atoms with van der Waals surface area (Å²) in [5.41, 5.74) is 0.923. The molecule has 0 radical (unpaired) electrons. The van der Waals surface area contributed by atoms with Crippen molar-refractivity contribution in [2.45, 2.75) is 17.2 Å². The summed E-state index contributed by atoms with van der Waals surface area (Å²) in [4.78, 5) is 52.2. The van der Waals surface area contributed by atoms with E-state index in [2.05, 4.69) is 5.32 Å². The monoisotopic (exact) mass is 516 g/mol. The van der Waals surface area contributed by atoms with Crippen LogP contribution >= 0.6 is 23.2 Å². The summed E-state index contributed by atoms with van der Waals surface area (Å²) in [7, 11) is 1.54. The van der Waals surface area contributed by atoms with E-state index >= 15 is 0 Å². The van der Waals surface area contributed by atoms with Crippen LogP contribution in [0.1, 0.15) is 16.8 Å². The van der Waals surface area contributed by atoms with Gasteiger partial charge >= 0.3 is 5.97 Å². The van der Waals surface area contributed by atoms with Crippen LogP contribution in [0, 0.1) is 23.7 Å². The minimum Gasteiger partial charge on any atom is -0.497 e. The fourth-order valence-corrected chi connectivity index (χ4v) is 6.35. The van der Waals surface area contributed by atoms with Gasteiger partial charge in [-0.3, -0.25) is 19.3 Å². The number of imide groups is 1. The van der Waals surface area contributed by atoms with E-state index in [1.807, 2.05) is 0 Å². The fourth-order valence-electron chi connectivity index (χ4n) is 5.46. The van der Waals surface area contributed by atoms with E-state index in [0.717, 1.165) is 4.90 Å². The summed E-state index contributed by atoms with van der Waals surface area (Å²) < 4.78 is 10.2. The van der Waals surface area contributed by atoms with E-state index in [1.165, 1.54) is 19.2 Å². The zero-order valence-corrected chi connectivity index (χ0v) is 20.2. The maximum atomic E-state index is 13.2. The number of methoxy groups -OCH3 is 1. The second-order valence-corrected chi connectivity index (χ2v) is 9.93. The summed E-state index contributed by atoms with van der Waals surface area (Å²) in [6, 6.07) is 12.7. The zero-order chi connectivity index (χ0) is 24.9. The molecule has 6 atom stereocenters. The lowest BCUT2D eigenvalue weighted by atomic mass is 9.80. The van der Waals surface area contributed by atoms with Crippen LogP contribution in [0.3, 0.4) is 0 Å². The molecule has 2 aliphatic carbocycles. The maximum absolute atomic E-state index is 13.2. The average molecular weight is 517 g/mol. The van der Waals surface area contributed by atoms with Gasteiger partial charge in [-0.25, -0.2) is 4.79 Å². The Labute approximate surface area is 211 Å². The highest BCUT2D eigenvalue weighted by atomic mass is 35.5. The largest absolute Gasteiger partial charge is 0.497 e. The van der Waals surface area contributed by atoms with Crippen molar-refractivity contribution in [2.24, 2.45) is 23.7 Å². The molecule has 0 aromatic heterocycles. The fraction of sp³-hybridized carbons (Fsp3) is 0.360. The highest BCUT2D eigenvalue weighted by molar-refractivity contribution is 6.32. The summed E-state index contributed by atoms with van der Waals surface area (Å²) in [5, 5.41) is 1.94. The van der Waals surface area contributed by atoms with E-state index in [4.69, 9.17) is 32.7 Å². The number of amides is 3. The molecule has 3 amide bonds. The van der Waals surface area contributed by atoms with E-state index in [9.17, 15) is 19.2 Å². The molecule has 1 N–H and O–H groups in total. The summed E-state index contributed by atoms with van der Waals surface area (Å²) in [6.45, 7) is -0.502. The first kappa shape index (κ1) is 23.6. The van der Waals surface area contributed by atoms with Crippen LogP contribution in [0.2, 0.25) is 0 Å². The highest BCUT2D eigenvalue weighted by Crippen LogP contribution is 2.59. The molecule has 2 saturated carbocycles. The first-order chi connectivity index (χ1) is 16.8. The van der Waals surface area contributed by atoms with E-state index in [1.54, 1.807) is 36.4 Å². The number of esters is 1. The van der Waals surface area contributed by atoms with E-state index < -0.39 is 30.3 Å². The van der Waals surface area contributed by atoms with E-state index in [0.29, 0.717) is 17.9 Å². The number of hydrogen-bond donors (Lipinski definition) is 1. The number of nitrogens with zero attached hydrogens (tertiary/aromatic N) is 1. The molecular formula is C25H22Cl2N2O6. The number of hydrogen-bond acceptors (Lipinski definition) is 6. The molecule has 2 aromatic rings.